The highest BCUT2D eigenvalue weighted by Gasteiger charge is 2.22. The van der Waals surface area contributed by atoms with Crippen LogP contribution in [0.5, 0.6) is 0 Å². The van der Waals surface area contributed by atoms with Crippen LogP contribution in [0.15, 0.2) is 18.5 Å². The Kier molecular flexibility index (Phi) is 1.75. The lowest BCUT2D eigenvalue weighted by Gasteiger charge is -2.39. The van der Waals surface area contributed by atoms with E-state index in [0.29, 0.717) is 0 Å². The van der Waals surface area contributed by atoms with E-state index in [9.17, 15) is 0 Å². The first-order valence-electron chi connectivity index (χ1n) is 4.42. The van der Waals surface area contributed by atoms with Gasteiger partial charge in [0.05, 0.1) is 11.9 Å². The largest absolute Gasteiger partial charge is 0.370 e. The van der Waals surface area contributed by atoms with Gasteiger partial charge in [-0.15, -0.1) is 0 Å². The number of pyridine rings is 1. The topological polar surface area (TPSA) is 16.1 Å². The molecule has 2 heterocycles. The highest BCUT2D eigenvalue weighted by molar-refractivity contribution is 5.48. The van der Waals surface area contributed by atoms with Crippen LogP contribution in [0.1, 0.15) is 12.5 Å². The van der Waals surface area contributed by atoms with Gasteiger partial charge in [-0.25, -0.2) is 0 Å². The normalized spacial score (nSPS) is 17.7. The minimum absolute atomic E-state index is 0.852. The fourth-order valence-corrected chi connectivity index (χ4v) is 1.62. The van der Waals surface area contributed by atoms with Gasteiger partial charge in [-0.3, -0.25) is 4.98 Å². The standard InChI is InChI=1S/C10H14N2/c1-8-3-10(5-11-4-8)12-6-9(2)7-12/h3-5,9H,6-7H2,1-2H3. The molecule has 2 rings (SSSR count). The molecule has 1 aromatic rings. The Morgan fingerprint density at radius 2 is 2.17 bits per heavy atom. The maximum absolute atomic E-state index is 4.17. The van der Waals surface area contributed by atoms with E-state index in [-0.39, 0.29) is 0 Å². The predicted molar refractivity (Wildman–Crippen MR) is 50.4 cm³/mol. The van der Waals surface area contributed by atoms with Crippen molar-refractivity contribution in [3.05, 3.63) is 24.0 Å². The van der Waals surface area contributed by atoms with Crippen LogP contribution in [0.3, 0.4) is 0 Å². The molecule has 2 nitrogen and oxygen atoms in total. The van der Waals surface area contributed by atoms with Crippen LogP contribution < -0.4 is 4.90 Å². The van der Waals surface area contributed by atoms with Crippen LogP contribution >= 0.6 is 0 Å². The number of nitrogens with zero attached hydrogens (tertiary/aromatic N) is 2. The molecule has 64 valence electrons. The summed E-state index contributed by atoms with van der Waals surface area (Å²) < 4.78 is 0. The van der Waals surface area contributed by atoms with Crippen molar-refractivity contribution in [2.45, 2.75) is 13.8 Å². The molecule has 1 aliphatic rings. The highest BCUT2D eigenvalue weighted by Crippen LogP contribution is 2.23. The Morgan fingerprint density at radius 1 is 1.42 bits per heavy atom. The summed E-state index contributed by atoms with van der Waals surface area (Å²) in [4.78, 5) is 6.54. The quantitative estimate of drug-likeness (QED) is 0.626. The minimum atomic E-state index is 0.852. The molecule has 0 aromatic carbocycles. The van der Waals surface area contributed by atoms with Gasteiger partial charge in [0.25, 0.3) is 0 Å². The van der Waals surface area contributed by atoms with E-state index >= 15 is 0 Å². The van der Waals surface area contributed by atoms with E-state index in [4.69, 9.17) is 0 Å². The van der Waals surface area contributed by atoms with Crippen LogP contribution in [0.4, 0.5) is 5.69 Å². The molecule has 0 spiro atoms. The Morgan fingerprint density at radius 3 is 2.75 bits per heavy atom. The lowest BCUT2D eigenvalue weighted by molar-refractivity contribution is 0.447. The predicted octanol–water partition coefficient (Wildman–Crippen LogP) is 1.85. The number of aromatic nitrogens is 1. The second-order valence-electron chi connectivity index (χ2n) is 3.73. The van der Waals surface area contributed by atoms with Crippen molar-refractivity contribution in [3.8, 4) is 0 Å². The van der Waals surface area contributed by atoms with Gasteiger partial charge >= 0.3 is 0 Å². The van der Waals surface area contributed by atoms with Gasteiger partial charge in [0.2, 0.25) is 0 Å². The molecule has 0 radical (unpaired) electrons. The van der Waals surface area contributed by atoms with Crippen molar-refractivity contribution >= 4 is 5.69 Å². The summed E-state index contributed by atoms with van der Waals surface area (Å²) in [6.45, 7) is 6.73. The first-order valence-corrected chi connectivity index (χ1v) is 4.42. The summed E-state index contributed by atoms with van der Waals surface area (Å²) in [6, 6.07) is 2.19. The number of hydrogen-bond acceptors (Lipinski definition) is 2. The van der Waals surface area contributed by atoms with Gasteiger partial charge in [0, 0.05) is 19.3 Å². The summed E-state index contributed by atoms with van der Waals surface area (Å²) in [5.41, 5.74) is 2.51. The number of anilines is 1. The van der Waals surface area contributed by atoms with Gasteiger partial charge < -0.3 is 4.90 Å². The van der Waals surface area contributed by atoms with E-state index in [0.717, 1.165) is 5.92 Å². The molecule has 1 saturated heterocycles. The third-order valence-electron chi connectivity index (χ3n) is 2.29. The second-order valence-corrected chi connectivity index (χ2v) is 3.73. The summed E-state index contributed by atoms with van der Waals surface area (Å²) in [5.74, 6) is 0.852. The lowest BCUT2D eigenvalue weighted by Crippen LogP contribution is -2.45. The lowest BCUT2D eigenvalue weighted by atomic mass is 10.0. The Labute approximate surface area is 73.2 Å². The average Bonchev–Trinajstić information content (AvgIpc) is 1.99. The van der Waals surface area contributed by atoms with Gasteiger partial charge in [0.1, 0.15) is 0 Å². The number of rotatable bonds is 1. The average molecular weight is 162 g/mol. The smallest absolute Gasteiger partial charge is 0.0555 e. The van der Waals surface area contributed by atoms with Gasteiger partial charge in [-0.1, -0.05) is 6.92 Å². The molecule has 12 heavy (non-hydrogen) atoms. The van der Waals surface area contributed by atoms with Gasteiger partial charge in [-0.2, -0.15) is 0 Å². The molecule has 1 fully saturated rings. The van der Waals surface area contributed by atoms with Crippen LogP contribution in [0, 0.1) is 12.8 Å². The molecule has 1 aliphatic heterocycles. The fraction of sp³-hybridized carbons (Fsp3) is 0.500. The van der Waals surface area contributed by atoms with Crippen molar-refractivity contribution in [2.75, 3.05) is 18.0 Å². The molecule has 0 atom stereocenters. The van der Waals surface area contributed by atoms with Gasteiger partial charge in [-0.05, 0) is 24.5 Å². The molecule has 0 unspecified atom stereocenters. The van der Waals surface area contributed by atoms with Gasteiger partial charge in [0.15, 0.2) is 0 Å². The summed E-state index contributed by atoms with van der Waals surface area (Å²) in [5, 5.41) is 0. The number of aryl methyl sites for hydroxylation is 1. The second kappa shape index (κ2) is 2.77. The van der Waals surface area contributed by atoms with Crippen molar-refractivity contribution in [1.29, 1.82) is 0 Å². The fourth-order valence-electron chi connectivity index (χ4n) is 1.62. The van der Waals surface area contributed by atoms with Crippen molar-refractivity contribution < 1.29 is 0 Å². The molecule has 0 aliphatic carbocycles. The molecule has 0 amide bonds. The van der Waals surface area contributed by atoms with Crippen LogP contribution in [-0.2, 0) is 0 Å². The Bertz CT molecular complexity index is 277. The molecular weight excluding hydrogens is 148 g/mol. The summed E-state index contributed by atoms with van der Waals surface area (Å²) in [7, 11) is 0. The maximum Gasteiger partial charge on any atom is 0.0555 e. The van der Waals surface area contributed by atoms with Crippen molar-refractivity contribution in [2.24, 2.45) is 5.92 Å². The first kappa shape index (κ1) is 7.59. The molecule has 0 N–H and O–H groups in total. The number of hydrogen-bond donors (Lipinski definition) is 0. The first-order chi connectivity index (χ1) is 5.75. The van der Waals surface area contributed by atoms with Crippen LogP contribution in [0.25, 0.3) is 0 Å². The molecule has 2 heteroatoms. The highest BCUT2D eigenvalue weighted by atomic mass is 15.2. The van der Waals surface area contributed by atoms with E-state index in [1.54, 1.807) is 0 Å². The summed E-state index contributed by atoms with van der Waals surface area (Å²) >= 11 is 0. The van der Waals surface area contributed by atoms with Crippen molar-refractivity contribution in [3.63, 3.8) is 0 Å². The SMILES string of the molecule is Cc1cncc(N2CC(C)C2)c1. The molecule has 1 aromatic heterocycles. The minimum Gasteiger partial charge on any atom is -0.370 e. The zero-order chi connectivity index (χ0) is 8.55. The monoisotopic (exact) mass is 162 g/mol. The van der Waals surface area contributed by atoms with E-state index in [1.807, 2.05) is 12.4 Å². The van der Waals surface area contributed by atoms with Crippen molar-refractivity contribution in [1.82, 2.24) is 4.98 Å². The summed E-state index contributed by atoms with van der Waals surface area (Å²) in [6.07, 6.45) is 3.84. The third-order valence-corrected chi connectivity index (χ3v) is 2.29. The third kappa shape index (κ3) is 1.29. The van der Waals surface area contributed by atoms with Crippen LogP contribution in [0.2, 0.25) is 0 Å². The Hall–Kier alpha value is -1.05. The Balaban J connectivity index is 2.13. The van der Waals surface area contributed by atoms with Crippen LogP contribution in [-0.4, -0.2) is 18.1 Å². The zero-order valence-corrected chi connectivity index (χ0v) is 7.62. The molecule has 0 saturated carbocycles. The zero-order valence-electron chi connectivity index (χ0n) is 7.62. The van der Waals surface area contributed by atoms with E-state index in [2.05, 4.69) is 29.8 Å². The van der Waals surface area contributed by atoms with E-state index in [1.165, 1.54) is 24.3 Å². The maximum atomic E-state index is 4.17. The molecular formula is C10H14N2. The molecule has 0 bridgehead atoms. The van der Waals surface area contributed by atoms with E-state index < -0.39 is 0 Å².